The first-order valence-electron chi connectivity index (χ1n) is 7.68. The minimum absolute atomic E-state index is 0. The summed E-state index contributed by atoms with van der Waals surface area (Å²) in [6.45, 7) is 4.51. The van der Waals surface area contributed by atoms with Gasteiger partial charge in [-0.15, -0.1) is 17.5 Å². The Hall–Kier alpha value is -1.92. The number of hydrogen-bond acceptors (Lipinski definition) is 4. The highest BCUT2D eigenvalue weighted by Gasteiger charge is 2.18. The van der Waals surface area contributed by atoms with Crippen molar-refractivity contribution >= 4 is 18.3 Å². The predicted molar refractivity (Wildman–Crippen MR) is 90.8 cm³/mol. The molecule has 124 valence electrons. The van der Waals surface area contributed by atoms with Crippen molar-refractivity contribution in [2.24, 2.45) is 0 Å². The van der Waals surface area contributed by atoms with Gasteiger partial charge in [0, 0.05) is 6.54 Å². The van der Waals surface area contributed by atoms with Crippen molar-refractivity contribution in [2.75, 3.05) is 13.1 Å². The molecule has 0 aliphatic carbocycles. The topological polar surface area (TPSA) is 71.8 Å². The third-order valence-corrected chi connectivity index (χ3v) is 3.96. The fraction of sp³-hybridized carbons (Fsp3) is 0.438. The van der Waals surface area contributed by atoms with Crippen LogP contribution in [0.15, 0.2) is 30.5 Å². The summed E-state index contributed by atoms with van der Waals surface area (Å²) in [7, 11) is 0. The van der Waals surface area contributed by atoms with Crippen molar-refractivity contribution in [2.45, 2.75) is 32.4 Å². The van der Waals surface area contributed by atoms with Crippen LogP contribution in [0, 0.1) is 6.92 Å². The maximum atomic E-state index is 12.2. The third-order valence-electron chi connectivity index (χ3n) is 3.96. The quantitative estimate of drug-likeness (QED) is 0.894. The van der Waals surface area contributed by atoms with Crippen molar-refractivity contribution in [1.29, 1.82) is 0 Å². The van der Waals surface area contributed by atoms with Gasteiger partial charge in [0.25, 0.3) is 5.91 Å². The van der Waals surface area contributed by atoms with Crippen LogP contribution in [0.5, 0.6) is 0 Å². The van der Waals surface area contributed by atoms with E-state index in [2.05, 4.69) is 27.0 Å². The lowest BCUT2D eigenvalue weighted by molar-refractivity contribution is 0.0946. The molecule has 2 N–H and O–H groups in total. The average Bonchev–Trinajstić information content (AvgIpc) is 3.04. The van der Waals surface area contributed by atoms with Gasteiger partial charge in [-0.05, 0) is 38.4 Å². The van der Waals surface area contributed by atoms with Gasteiger partial charge >= 0.3 is 0 Å². The Kier molecular flexibility index (Phi) is 6.12. The Balaban J connectivity index is 0.00000192. The molecular formula is C16H22ClN5O. The van der Waals surface area contributed by atoms with Crippen LogP contribution in [0.1, 0.15) is 40.5 Å². The molecule has 0 unspecified atom stereocenters. The highest BCUT2D eigenvalue weighted by molar-refractivity contribution is 5.91. The molecule has 1 amide bonds. The Morgan fingerprint density at radius 2 is 2.17 bits per heavy atom. The van der Waals surface area contributed by atoms with Crippen molar-refractivity contribution in [3.05, 3.63) is 47.3 Å². The smallest absolute Gasteiger partial charge is 0.273 e. The fourth-order valence-electron chi connectivity index (χ4n) is 2.73. The first-order valence-corrected chi connectivity index (χ1v) is 7.68. The molecule has 0 atom stereocenters. The van der Waals surface area contributed by atoms with Gasteiger partial charge in [0.2, 0.25) is 0 Å². The second-order valence-corrected chi connectivity index (χ2v) is 5.74. The molecule has 7 heteroatoms. The zero-order chi connectivity index (χ0) is 15.4. The molecule has 0 bridgehead atoms. The van der Waals surface area contributed by atoms with E-state index in [0.717, 1.165) is 31.5 Å². The molecule has 3 rings (SSSR count). The van der Waals surface area contributed by atoms with Crippen LogP contribution >= 0.6 is 12.4 Å². The Morgan fingerprint density at radius 1 is 1.39 bits per heavy atom. The minimum Gasteiger partial charge on any atom is -0.347 e. The Bertz CT molecular complexity index is 651. The first-order chi connectivity index (χ1) is 10.7. The monoisotopic (exact) mass is 335 g/mol. The summed E-state index contributed by atoms with van der Waals surface area (Å²) >= 11 is 0. The number of nitrogens with one attached hydrogen (secondary N) is 2. The van der Waals surface area contributed by atoms with Gasteiger partial charge in [-0.2, -0.15) is 0 Å². The Morgan fingerprint density at radius 3 is 2.91 bits per heavy atom. The van der Waals surface area contributed by atoms with Crippen LogP contribution in [0.2, 0.25) is 0 Å². The molecule has 0 radical (unpaired) electrons. The van der Waals surface area contributed by atoms with E-state index < -0.39 is 0 Å². The van der Waals surface area contributed by atoms with E-state index >= 15 is 0 Å². The molecule has 6 nitrogen and oxygen atoms in total. The van der Waals surface area contributed by atoms with Gasteiger partial charge in [-0.3, -0.25) is 4.79 Å². The molecule has 2 aromatic rings. The average molecular weight is 336 g/mol. The number of hydrogen-bond donors (Lipinski definition) is 2. The molecule has 1 aromatic heterocycles. The molecule has 2 heterocycles. The zero-order valence-corrected chi connectivity index (χ0v) is 14.0. The van der Waals surface area contributed by atoms with Crippen LogP contribution in [0.4, 0.5) is 0 Å². The van der Waals surface area contributed by atoms with Crippen LogP contribution < -0.4 is 10.6 Å². The fourth-order valence-corrected chi connectivity index (χ4v) is 2.73. The van der Waals surface area contributed by atoms with Crippen LogP contribution in [-0.2, 0) is 6.54 Å². The van der Waals surface area contributed by atoms with E-state index in [0.29, 0.717) is 18.3 Å². The minimum atomic E-state index is -0.179. The number of benzene rings is 1. The molecule has 23 heavy (non-hydrogen) atoms. The number of piperidine rings is 1. The van der Waals surface area contributed by atoms with Crippen LogP contribution in [0.25, 0.3) is 0 Å². The van der Waals surface area contributed by atoms with E-state index in [1.54, 1.807) is 6.20 Å². The number of carbonyl (C=O) groups excluding carboxylic acids is 1. The summed E-state index contributed by atoms with van der Waals surface area (Å²) in [4.78, 5) is 12.2. The molecule has 1 aliphatic rings. The van der Waals surface area contributed by atoms with Crippen molar-refractivity contribution < 1.29 is 4.79 Å². The number of aromatic nitrogens is 3. The lowest BCUT2D eigenvalue weighted by Gasteiger charge is -2.22. The number of amides is 1. The molecule has 1 aliphatic heterocycles. The molecule has 1 aromatic carbocycles. The number of aryl methyl sites for hydroxylation is 1. The van der Waals surface area contributed by atoms with Crippen molar-refractivity contribution in [3.8, 4) is 0 Å². The van der Waals surface area contributed by atoms with E-state index in [1.807, 2.05) is 29.8 Å². The lowest BCUT2D eigenvalue weighted by atomic mass is 10.1. The summed E-state index contributed by atoms with van der Waals surface area (Å²) in [6.07, 6.45) is 3.79. The maximum Gasteiger partial charge on any atom is 0.273 e. The van der Waals surface area contributed by atoms with E-state index in [4.69, 9.17) is 0 Å². The maximum absolute atomic E-state index is 12.2. The number of nitrogens with zero attached hydrogens (tertiary/aromatic N) is 3. The summed E-state index contributed by atoms with van der Waals surface area (Å²) in [5.74, 6) is -0.179. The molecule has 1 saturated heterocycles. The zero-order valence-electron chi connectivity index (χ0n) is 13.2. The number of carbonyl (C=O) groups is 1. The van der Waals surface area contributed by atoms with Gasteiger partial charge in [0.1, 0.15) is 0 Å². The summed E-state index contributed by atoms with van der Waals surface area (Å²) in [6, 6.07) is 8.43. The van der Waals surface area contributed by atoms with Crippen molar-refractivity contribution in [1.82, 2.24) is 25.6 Å². The molecule has 1 fully saturated rings. The summed E-state index contributed by atoms with van der Waals surface area (Å²) in [5, 5.41) is 14.3. The summed E-state index contributed by atoms with van der Waals surface area (Å²) in [5.41, 5.74) is 2.65. The van der Waals surface area contributed by atoms with E-state index in [-0.39, 0.29) is 18.3 Å². The highest BCUT2D eigenvalue weighted by Crippen LogP contribution is 2.17. The van der Waals surface area contributed by atoms with Gasteiger partial charge < -0.3 is 10.6 Å². The van der Waals surface area contributed by atoms with Crippen molar-refractivity contribution in [3.63, 3.8) is 0 Å². The lowest BCUT2D eigenvalue weighted by Crippen LogP contribution is -2.29. The third kappa shape index (κ3) is 4.53. The first kappa shape index (κ1) is 17.4. The predicted octanol–water partition coefficient (Wildman–Crippen LogP) is 1.86. The van der Waals surface area contributed by atoms with Gasteiger partial charge in [0.05, 0.1) is 12.2 Å². The normalized spacial score (nSPS) is 15.0. The number of rotatable bonds is 4. The second-order valence-electron chi connectivity index (χ2n) is 5.74. The van der Waals surface area contributed by atoms with Gasteiger partial charge in [-0.1, -0.05) is 35.0 Å². The summed E-state index contributed by atoms with van der Waals surface area (Å²) < 4.78 is 1.82. The SMILES string of the molecule is Cc1cccc(CNC(=O)c2cn(C3CCNCC3)nn2)c1.Cl. The highest BCUT2D eigenvalue weighted by atomic mass is 35.5. The van der Waals surface area contributed by atoms with Gasteiger partial charge in [0.15, 0.2) is 5.69 Å². The molecule has 0 saturated carbocycles. The second kappa shape index (κ2) is 8.08. The van der Waals surface area contributed by atoms with E-state index in [9.17, 15) is 4.79 Å². The number of halogens is 1. The van der Waals surface area contributed by atoms with Crippen LogP contribution in [-0.4, -0.2) is 34.0 Å². The van der Waals surface area contributed by atoms with Crippen LogP contribution in [0.3, 0.4) is 0 Å². The molecular weight excluding hydrogens is 314 g/mol. The standard InChI is InChI=1S/C16H21N5O.ClH/c1-12-3-2-4-13(9-12)10-18-16(22)15-11-21(20-19-15)14-5-7-17-8-6-14;/h2-4,9,11,14,17H,5-8,10H2,1H3,(H,18,22);1H. The Labute approximate surface area is 142 Å². The largest absolute Gasteiger partial charge is 0.347 e. The van der Waals surface area contributed by atoms with Gasteiger partial charge in [-0.25, -0.2) is 4.68 Å². The molecule has 0 spiro atoms. The van der Waals surface area contributed by atoms with E-state index in [1.165, 1.54) is 5.56 Å².